The van der Waals surface area contributed by atoms with Crippen molar-refractivity contribution in [3.63, 3.8) is 0 Å². The summed E-state index contributed by atoms with van der Waals surface area (Å²) in [6.45, 7) is 3.73. The van der Waals surface area contributed by atoms with E-state index in [1.165, 1.54) is 18.6 Å². The molecule has 76 valence electrons. The maximum atomic E-state index is 10.1. The number of ether oxygens (including phenoxy) is 2. The highest BCUT2D eigenvalue weighted by molar-refractivity contribution is 5.62. The number of rotatable bonds is 1. The fourth-order valence-corrected chi connectivity index (χ4v) is 0.652. The summed E-state index contributed by atoms with van der Waals surface area (Å²) in [7, 11) is 0. The standard InChI is InChI=1S/C5H6O3.C3H2O3/c1-2-4-3-7-5(6)8-4;4-3-5-1-2-6-3/h2,4H,1,3H2;1-2H. The average molecular weight is 200 g/mol. The first-order valence-electron chi connectivity index (χ1n) is 3.70. The molecule has 0 spiro atoms. The zero-order chi connectivity index (χ0) is 10.4. The molecule has 1 atom stereocenters. The van der Waals surface area contributed by atoms with Crippen LogP contribution in [0.2, 0.25) is 0 Å². The van der Waals surface area contributed by atoms with Crippen LogP contribution in [0, 0.1) is 0 Å². The molecule has 1 unspecified atom stereocenters. The van der Waals surface area contributed by atoms with Crippen LogP contribution in [0.15, 0.2) is 38.8 Å². The van der Waals surface area contributed by atoms with Gasteiger partial charge in [0.05, 0.1) is 0 Å². The van der Waals surface area contributed by atoms with Gasteiger partial charge in [-0.25, -0.2) is 9.59 Å². The minimum Gasteiger partial charge on any atom is -0.430 e. The zero-order valence-electron chi connectivity index (χ0n) is 7.17. The summed E-state index contributed by atoms with van der Waals surface area (Å²) < 4.78 is 17.2. The van der Waals surface area contributed by atoms with Crippen molar-refractivity contribution in [2.75, 3.05) is 6.61 Å². The Morgan fingerprint density at radius 2 is 2.00 bits per heavy atom. The lowest BCUT2D eigenvalue weighted by molar-refractivity contribution is 0.125. The number of hydrogen-bond donors (Lipinski definition) is 0. The highest BCUT2D eigenvalue weighted by atomic mass is 16.8. The van der Waals surface area contributed by atoms with Crippen molar-refractivity contribution in [1.82, 2.24) is 0 Å². The van der Waals surface area contributed by atoms with E-state index in [1.54, 1.807) is 0 Å². The van der Waals surface area contributed by atoms with Crippen LogP contribution in [0.25, 0.3) is 0 Å². The number of cyclic esters (lactones) is 2. The van der Waals surface area contributed by atoms with Gasteiger partial charge in [-0.15, -0.1) is 0 Å². The molecule has 1 fully saturated rings. The van der Waals surface area contributed by atoms with Crippen LogP contribution in [0.3, 0.4) is 0 Å². The number of carbonyl (C=O) groups excluding carboxylic acids is 1. The van der Waals surface area contributed by atoms with E-state index in [0.29, 0.717) is 6.61 Å². The molecule has 0 bridgehead atoms. The molecule has 1 saturated heterocycles. The van der Waals surface area contributed by atoms with E-state index in [9.17, 15) is 9.59 Å². The Labute approximate surface area is 78.7 Å². The molecule has 0 saturated carbocycles. The van der Waals surface area contributed by atoms with Gasteiger partial charge in [-0.1, -0.05) is 6.58 Å². The Bertz CT molecular complexity index is 332. The summed E-state index contributed by atoms with van der Waals surface area (Å²) in [5, 5.41) is 0. The molecule has 0 aliphatic carbocycles. The maximum Gasteiger partial charge on any atom is 0.518 e. The fourth-order valence-electron chi connectivity index (χ4n) is 0.652. The van der Waals surface area contributed by atoms with E-state index >= 15 is 0 Å². The normalized spacial score (nSPS) is 18.9. The Hall–Kier alpha value is -1.98. The molecule has 1 aliphatic rings. The molecule has 1 aliphatic heterocycles. The smallest absolute Gasteiger partial charge is 0.430 e. The van der Waals surface area contributed by atoms with Crippen molar-refractivity contribution in [1.29, 1.82) is 0 Å². The molecule has 0 radical (unpaired) electrons. The molecule has 2 rings (SSSR count). The van der Waals surface area contributed by atoms with Gasteiger partial charge in [0.2, 0.25) is 0 Å². The van der Waals surface area contributed by atoms with Gasteiger partial charge in [-0.05, 0) is 6.08 Å². The molecule has 1 aromatic rings. The van der Waals surface area contributed by atoms with Crippen molar-refractivity contribution in [3.05, 3.63) is 35.8 Å². The third-order valence-corrected chi connectivity index (χ3v) is 1.26. The lowest BCUT2D eigenvalue weighted by atomic mass is 10.4. The van der Waals surface area contributed by atoms with Crippen molar-refractivity contribution in [2.45, 2.75) is 6.10 Å². The van der Waals surface area contributed by atoms with Crippen LogP contribution >= 0.6 is 0 Å². The zero-order valence-corrected chi connectivity index (χ0v) is 7.17. The van der Waals surface area contributed by atoms with E-state index in [-0.39, 0.29) is 6.10 Å². The van der Waals surface area contributed by atoms with Crippen molar-refractivity contribution in [2.24, 2.45) is 0 Å². The first-order valence-corrected chi connectivity index (χ1v) is 3.70. The van der Waals surface area contributed by atoms with E-state index in [2.05, 4.69) is 24.9 Å². The van der Waals surface area contributed by atoms with Gasteiger partial charge in [-0.2, -0.15) is 0 Å². The van der Waals surface area contributed by atoms with Crippen molar-refractivity contribution in [3.8, 4) is 0 Å². The van der Waals surface area contributed by atoms with Gasteiger partial charge in [0.25, 0.3) is 0 Å². The second-order valence-electron chi connectivity index (χ2n) is 2.21. The van der Waals surface area contributed by atoms with Gasteiger partial charge < -0.3 is 18.3 Å². The van der Waals surface area contributed by atoms with E-state index in [0.717, 1.165) is 0 Å². The van der Waals surface area contributed by atoms with Gasteiger partial charge in [-0.3, -0.25) is 0 Å². The Kier molecular flexibility index (Phi) is 3.54. The van der Waals surface area contributed by atoms with Crippen LogP contribution in [-0.2, 0) is 9.47 Å². The van der Waals surface area contributed by atoms with E-state index in [4.69, 9.17) is 0 Å². The lowest BCUT2D eigenvalue weighted by Crippen LogP contribution is -2.03. The highest BCUT2D eigenvalue weighted by Gasteiger charge is 2.20. The molecular formula is C8H8O6. The largest absolute Gasteiger partial charge is 0.518 e. The topological polar surface area (TPSA) is 78.9 Å². The monoisotopic (exact) mass is 200 g/mol. The molecule has 14 heavy (non-hydrogen) atoms. The maximum absolute atomic E-state index is 10.1. The third-order valence-electron chi connectivity index (χ3n) is 1.26. The summed E-state index contributed by atoms with van der Waals surface area (Å²) in [6.07, 6.45) is 3.06. The van der Waals surface area contributed by atoms with Gasteiger partial charge in [0, 0.05) is 0 Å². The first kappa shape index (κ1) is 10.1. The summed E-state index contributed by atoms with van der Waals surface area (Å²) in [5.74, 6) is -0.657. The molecule has 0 N–H and O–H groups in total. The van der Waals surface area contributed by atoms with E-state index < -0.39 is 12.0 Å². The Balaban J connectivity index is 0.000000146. The summed E-state index contributed by atoms with van der Waals surface area (Å²) in [5.41, 5.74) is 0. The number of carbonyl (C=O) groups is 1. The summed E-state index contributed by atoms with van der Waals surface area (Å²) in [4.78, 5) is 19.9. The van der Waals surface area contributed by atoms with E-state index in [1.807, 2.05) is 0 Å². The molecular weight excluding hydrogens is 192 g/mol. The fraction of sp³-hybridized carbons (Fsp3) is 0.250. The molecule has 6 heteroatoms. The second kappa shape index (κ2) is 4.90. The Morgan fingerprint density at radius 1 is 1.36 bits per heavy atom. The van der Waals surface area contributed by atoms with Crippen LogP contribution in [0.4, 0.5) is 4.79 Å². The predicted octanol–water partition coefficient (Wildman–Crippen LogP) is 0.941. The van der Waals surface area contributed by atoms with Crippen molar-refractivity contribution < 1.29 is 23.1 Å². The number of hydrogen-bond acceptors (Lipinski definition) is 6. The van der Waals surface area contributed by atoms with Gasteiger partial charge >= 0.3 is 12.0 Å². The predicted molar refractivity (Wildman–Crippen MR) is 43.7 cm³/mol. The SMILES string of the molecule is C=CC1COC(=O)O1.O=c1occo1. The minimum absolute atomic E-state index is 0.234. The molecule has 2 heterocycles. The average Bonchev–Trinajstić information content (AvgIpc) is 2.77. The third kappa shape index (κ3) is 3.18. The lowest BCUT2D eigenvalue weighted by Gasteiger charge is -1.92. The molecule has 0 aromatic carbocycles. The van der Waals surface area contributed by atoms with Crippen LogP contribution in [-0.4, -0.2) is 18.9 Å². The van der Waals surface area contributed by atoms with Crippen LogP contribution in [0.1, 0.15) is 0 Å². The van der Waals surface area contributed by atoms with Crippen LogP contribution in [0.5, 0.6) is 0 Å². The first-order chi connectivity index (χ1) is 6.72. The summed E-state index contributed by atoms with van der Waals surface area (Å²) >= 11 is 0. The molecule has 6 nitrogen and oxygen atoms in total. The van der Waals surface area contributed by atoms with Crippen molar-refractivity contribution >= 4 is 6.16 Å². The van der Waals surface area contributed by atoms with Crippen LogP contribution < -0.4 is 5.82 Å². The van der Waals surface area contributed by atoms with Gasteiger partial charge in [0.15, 0.2) is 6.10 Å². The highest BCUT2D eigenvalue weighted by Crippen LogP contribution is 2.05. The van der Waals surface area contributed by atoms with Gasteiger partial charge in [0.1, 0.15) is 19.1 Å². The quantitative estimate of drug-likeness (QED) is 0.495. The molecule has 0 amide bonds. The Morgan fingerprint density at radius 3 is 2.21 bits per heavy atom. The second-order valence-corrected chi connectivity index (χ2v) is 2.21. The minimum atomic E-state index is -0.657. The summed E-state index contributed by atoms with van der Waals surface area (Å²) in [6, 6.07) is 0. The molecule has 1 aromatic heterocycles.